The van der Waals surface area contributed by atoms with Crippen LogP contribution in [0.5, 0.6) is 11.5 Å². The zero-order valence-electron chi connectivity index (χ0n) is 15.3. The number of benzene rings is 1. The summed E-state index contributed by atoms with van der Waals surface area (Å²) in [5.74, 6) is 2.14. The van der Waals surface area contributed by atoms with Gasteiger partial charge in [0.25, 0.3) is 5.91 Å². The van der Waals surface area contributed by atoms with Crippen LogP contribution in [0.2, 0.25) is 0 Å². The number of methoxy groups -OCH3 is 2. The number of rotatable bonds is 7. The van der Waals surface area contributed by atoms with Crippen molar-refractivity contribution in [2.45, 2.75) is 20.8 Å². The van der Waals surface area contributed by atoms with E-state index in [1.165, 1.54) is 7.11 Å². The van der Waals surface area contributed by atoms with Gasteiger partial charge >= 0.3 is 0 Å². The van der Waals surface area contributed by atoms with Gasteiger partial charge in [-0.15, -0.1) is 0 Å². The van der Waals surface area contributed by atoms with Crippen LogP contribution in [0, 0.1) is 6.92 Å². The molecule has 0 fully saturated rings. The highest BCUT2D eigenvalue weighted by Gasteiger charge is 2.15. The molecule has 134 valence electrons. The monoisotopic (exact) mass is 344 g/mol. The second kappa shape index (κ2) is 8.32. The lowest BCUT2D eigenvalue weighted by atomic mass is 10.2. The summed E-state index contributed by atoms with van der Waals surface area (Å²) in [7, 11) is 3.11. The van der Waals surface area contributed by atoms with Gasteiger partial charge in [0.15, 0.2) is 0 Å². The molecule has 1 aromatic carbocycles. The lowest BCUT2D eigenvalue weighted by molar-refractivity contribution is 0.102. The van der Waals surface area contributed by atoms with Crippen LogP contribution in [0.15, 0.2) is 24.3 Å². The quantitative estimate of drug-likeness (QED) is 0.832. The number of carbonyl (C=O) groups excluding carboxylic acids is 1. The number of aryl methyl sites for hydroxylation is 1. The Morgan fingerprint density at radius 3 is 2.44 bits per heavy atom. The van der Waals surface area contributed by atoms with Crippen molar-refractivity contribution in [2.24, 2.45) is 0 Å². The summed E-state index contributed by atoms with van der Waals surface area (Å²) in [6, 6.07) is 6.90. The van der Waals surface area contributed by atoms with Crippen molar-refractivity contribution in [3.63, 3.8) is 0 Å². The predicted molar refractivity (Wildman–Crippen MR) is 97.8 cm³/mol. The highest BCUT2D eigenvalue weighted by molar-refractivity contribution is 6.04. The topological polar surface area (TPSA) is 76.6 Å². The zero-order chi connectivity index (χ0) is 18.4. The van der Waals surface area contributed by atoms with Crippen LogP contribution in [0.4, 0.5) is 11.5 Å². The summed E-state index contributed by atoms with van der Waals surface area (Å²) in [5, 5.41) is 2.83. The molecule has 1 aromatic heterocycles. The van der Waals surface area contributed by atoms with Crippen LogP contribution >= 0.6 is 0 Å². The molecule has 0 saturated carbocycles. The van der Waals surface area contributed by atoms with Crippen LogP contribution in [0.3, 0.4) is 0 Å². The molecule has 2 rings (SSSR count). The largest absolute Gasteiger partial charge is 0.497 e. The number of amides is 1. The Hall–Kier alpha value is -2.83. The molecule has 1 N–H and O–H groups in total. The van der Waals surface area contributed by atoms with E-state index in [-0.39, 0.29) is 5.91 Å². The number of nitrogens with zero attached hydrogens (tertiary/aromatic N) is 3. The number of hydrogen-bond acceptors (Lipinski definition) is 6. The van der Waals surface area contributed by atoms with Crippen LogP contribution in [-0.4, -0.2) is 43.2 Å². The van der Waals surface area contributed by atoms with Crippen molar-refractivity contribution in [1.82, 2.24) is 9.97 Å². The van der Waals surface area contributed by atoms with Gasteiger partial charge in [-0.2, -0.15) is 0 Å². The molecule has 0 atom stereocenters. The van der Waals surface area contributed by atoms with Crippen LogP contribution in [-0.2, 0) is 0 Å². The molecule has 1 amide bonds. The predicted octanol–water partition coefficient (Wildman–Crippen LogP) is 2.90. The third-order valence-corrected chi connectivity index (χ3v) is 3.80. The van der Waals surface area contributed by atoms with Gasteiger partial charge < -0.3 is 19.7 Å². The number of aromatic nitrogens is 2. The van der Waals surface area contributed by atoms with Gasteiger partial charge in [-0.3, -0.25) is 4.79 Å². The van der Waals surface area contributed by atoms with Crippen LogP contribution < -0.4 is 19.7 Å². The standard InChI is InChI=1S/C18H24N4O3/c1-6-22(7-2)17-11-15(19-12(3)20-17)18(23)21-14-9-8-13(24-4)10-16(14)25-5/h8-11H,6-7H2,1-5H3,(H,21,23). The number of carbonyl (C=O) groups is 1. The number of hydrogen-bond donors (Lipinski definition) is 1. The Morgan fingerprint density at radius 1 is 1.12 bits per heavy atom. The Labute approximate surface area is 148 Å². The van der Waals surface area contributed by atoms with E-state index in [2.05, 4.69) is 20.2 Å². The molecule has 0 aliphatic carbocycles. The Morgan fingerprint density at radius 2 is 1.84 bits per heavy atom. The van der Waals surface area contributed by atoms with Gasteiger partial charge in [0.1, 0.15) is 28.8 Å². The zero-order valence-corrected chi connectivity index (χ0v) is 15.3. The highest BCUT2D eigenvalue weighted by Crippen LogP contribution is 2.29. The third kappa shape index (κ3) is 4.37. The average molecular weight is 344 g/mol. The van der Waals surface area contributed by atoms with E-state index in [0.717, 1.165) is 18.9 Å². The summed E-state index contributed by atoms with van der Waals surface area (Å²) >= 11 is 0. The minimum absolute atomic E-state index is 0.312. The smallest absolute Gasteiger partial charge is 0.274 e. The first kappa shape index (κ1) is 18.5. The van der Waals surface area contributed by atoms with Crippen molar-refractivity contribution < 1.29 is 14.3 Å². The van der Waals surface area contributed by atoms with Crippen LogP contribution in [0.25, 0.3) is 0 Å². The summed E-state index contributed by atoms with van der Waals surface area (Å²) in [4.78, 5) is 23.4. The maximum Gasteiger partial charge on any atom is 0.274 e. The van der Waals surface area contributed by atoms with Crippen molar-refractivity contribution in [2.75, 3.05) is 37.5 Å². The van der Waals surface area contributed by atoms with E-state index in [1.807, 2.05) is 13.8 Å². The first-order valence-corrected chi connectivity index (χ1v) is 8.16. The average Bonchev–Trinajstić information content (AvgIpc) is 2.62. The fourth-order valence-electron chi connectivity index (χ4n) is 2.47. The van der Waals surface area contributed by atoms with Gasteiger partial charge in [-0.25, -0.2) is 9.97 Å². The molecule has 1 heterocycles. The maximum absolute atomic E-state index is 12.6. The molecule has 7 nitrogen and oxygen atoms in total. The van der Waals surface area contributed by atoms with Crippen molar-refractivity contribution in [3.8, 4) is 11.5 Å². The van der Waals surface area contributed by atoms with Gasteiger partial charge in [0.2, 0.25) is 0 Å². The lowest BCUT2D eigenvalue weighted by Crippen LogP contribution is -2.25. The fourth-order valence-corrected chi connectivity index (χ4v) is 2.47. The van der Waals surface area contributed by atoms with E-state index in [4.69, 9.17) is 9.47 Å². The number of ether oxygens (including phenoxy) is 2. The molecule has 0 unspecified atom stereocenters. The molecule has 2 aromatic rings. The summed E-state index contributed by atoms with van der Waals surface area (Å²) in [6.45, 7) is 7.48. The van der Waals surface area contributed by atoms with Crippen molar-refractivity contribution >= 4 is 17.4 Å². The summed E-state index contributed by atoms with van der Waals surface area (Å²) < 4.78 is 10.5. The van der Waals surface area contributed by atoms with E-state index in [9.17, 15) is 4.79 Å². The Kier molecular flexibility index (Phi) is 6.16. The molecule has 0 aliphatic rings. The molecular weight excluding hydrogens is 320 g/mol. The SMILES string of the molecule is CCN(CC)c1cc(C(=O)Nc2ccc(OC)cc2OC)nc(C)n1. The van der Waals surface area contributed by atoms with Crippen molar-refractivity contribution in [1.29, 1.82) is 0 Å². The molecule has 0 radical (unpaired) electrons. The Balaban J connectivity index is 2.29. The molecule has 0 bridgehead atoms. The minimum Gasteiger partial charge on any atom is -0.497 e. The lowest BCUT2D eigenvalue weighted by Gasteiger charge is -2.20. The second-order valence-electron chi connectivity index (χ2n) is 5.35. The van der Waals surface area contributed by atoms with E-state index in [1.54, 1.807) is 38.3 Å². The molecule has 0 spiro atoms. The van der Waals surface area contributed by atoms with Gasteiger partial charge in [-0.1, -0.05) is 0 Å². The molecule has 0 aliphatic heterocycles. The Bertz CT molecular complexity index is 745. The van der Waals surface area contributed by atoms with Gasteiger partial charge in [0.05, 0.1) is 19.9 Å². The van der Waals surface area contributed by atoms with E-state index in [0.29, 0.717) is 28.7 Å². The van der Waals surface area contributed by atoms with E-state index >= 15 is 0 Å². The van der Waals surface area contributed by atoms with Gasteiger partial charge in [-0.05, 0) is 32.9 Å². The first-order chi connectivity index (χ1) is 12.0. The highest BCUT2D eigenvalue weighted by atomic mass is 16.5. The van der Waals surface area contributed by atoms with Crippen LogP contribution in [0.1, 0.15) is 30.2 Å². The molecular formula is C18H24N4O3. The van der Waals surface area contributed by atoms with E-state index < -0.39 is 0 Å². The second-order valence-corrected chi connectivity index (χ2v) is 5.35. The minimum atomic E-state index is -0.317. The van der Waals surface area contributed by atoms with Gasteiger partial charge in [0, 0.05) is 25.2 Å². The fraction of sp³-hybridized carbons (Fsp3) is 0.389. The van der Waals surface area contributed by atoms with Crippen molar-refractivity contribution in [3.05, 3.63) is 35.8 Å². The molecule has 7 heteroatoms. The summed E-state index contributed by atoms with van der Waals surface area (Å²) in [6.07, 6.45) is 0. The first-order valence-electron chi connectivity index (χ1n) is 8.16. The molecule has 0 saturated heterocycles. The normalized spacial score (nSPS) is 10.3. The number of nitrogens with one attached hydrogen (secondary N) is 1. The molecule has 25 heavy (non-hydrogen) atoms. The maximum atomic E-state index is 12.6. The third-order valence-electron chi connectivity index (χ3n) is 3.80. The number of anilines is 2. The summed E-state index contributed by atoms with van der Waals surface area (Å²) in [5.41, 5.74) is 0.862.